The van der Waals surface area contributed by atoms with Crippen molar-refractivity contribution in [3.8, 4) is 0 Å². The van der Waals surface area contributed by atoms with Crippen LogP contribution in [0, 0.1) is 0 Å². The molecule has 0 N–H and O–H groups in total. The third-order valence-corrected chi connectivity index (χ3v) is 13.2. The van der Waals surface area contributed by atoms with Crippen molar-refractivity contribution in [3.63, 3.8) is 0 Å². The molecular weight excluding hydrogens is 1450 g/mol. The van der Waals surface area contributed by atoms with Crippen molar-refractivity contribution >= 4 is 0 Å². The van der Waals surface area contributed by atoms with Gasteiger partial charge in [-0.1, -0.05) is 730 Å². The molecule has 0 saturated heterocycles. The zero-order chi connectivity index (χ0) is 86.1. The van der Waals surface area contributed by atoms with Crippen LogP contribution in [0.2, 0.25) is 0 Å². The van der Waals surface area contributed by atoms with Gasteiger partial charge in [-0.15, -0.1) is 0 Å². The van der Waals surface area contributed by atoms with E-state index in [1.807, 2.05) is 724 Å². The van der Waals surface area contributed by atoms with Gasteiger partial charge in [-0.05, 0) is 6.92 Å². The molecule has 0 radical (unpaired) electrons. The maximum absolute atomic E-state index is 3.64. The van der Waals surface area contributed by atoms with Crippen molar-refractivity contribution in [2.45, 2.75) is 6.92 Å². The van der Waals surface area contributed by atoms with E-state index in [0.717, 1.165) is 0 Å². The van der Waals surface area contributed by atoms with Gasteiger partial charge in [0.1, 0.15) is 0 Å². The molecule has 0 amide bonds. The van der Waals surface area contributed by atoms with Gasteiger partial charge in [0.25, 0.3) is 0 Å². The highest BCUT2D eigenvalue weighted by molar-refractivity contribution is 5.33. The Morgan fingerprint density at radius 1 is 0.0661 bits per heavy atom. The Hall–Kier alpha value is -15.6. The summed E-state index contributed by atoms with van der Waals surface area (Å²) in [6.07, 6.45) is 237. The maximum atomic E-state index is 3.64. The molecule has 608 valence electrons. The van der Waals surface area contributed by atoms with Gasteiger partial charge in [0.2, 0.25) is 0 Å². The molecule has 0 saturated carbocycles. The summed E-state index contributed by atoms with van der Waals surface area (Å²) in [5, 5.41) is 0. The SMILES string of the molecule is C=CC=CC=CC=CC=CC=CC=CC=CC=CC=CC=CC=CC=CC=CC=CC=CC=CC=CC=CC=CC=CC=CC=CC=CC=CC=CC=CC=CC=CC=CC=CC=CC=CC=CC=CC=CC=CC=CC=CC=CC=CC=CC=CC=CC=CC=CC=CC=CC=CC=CC=CC=CC=CC=CC=CC=CC=CC=CC=CC=CC. The van der Waals surface area contributed by atoms with E-state index in [1.54, 1.807) is 6.08 Å². The van der Waals surface area contributed by atoms with E-state index in [1.165, 1.54) is 0 Å². The van der Waals surface area contributed by atoms with Crippen molar-refractivity contribution in [3.05, 3.63) is 730 Å². The highest BCUT2D eigenvalue weighted by Gasteiger charge is 1.76. The minimum absolute atomic E-state index is 1.75. The summed E-state index contributed by atoms with van der Waals surface area (Å²) < 4.78 is 0. The topological polar surface area (TPSA) is 0 Å². The molecule has 0 unspecified atom stereocenters. The third kappa shape index (κ3) is 104. The first-order valence-electron chi connectivity index (χ1n) is 40.3. The van der Waals surface area contributed by atoms with E-state index >= 15 is 0 Å². The normalized spacial score (nSPS) is 15.7. The lowest BCUT2D eigenvalue weighted by atomic mass is 10.3. The molecule has 0 spiro atoms. The van der Waals surface area contributed by atoms with E-state index in [4.69, 9.17) is 0 Å². The standard InChI is InChI=1S/C121H124/c1-3-5-7-9-11-13-15-17-19-21-23-25-27-29-31-33-35-37-39-41-43-45-47-49-51-53-55-57-59-61-63-65-67-69-71-73-75-77-79-81-83-85-87-89-91-93-95-97-99-101-103-105-107-109-111-113-115-117-119-121-120-118-116-114-112-110-108-106-104-102-100-98-96-94-92-90-88-86-84-82-80-78-76-74-72-70-68-66-64-62-60-58-56-54-52-50-48-46-44-42-40-38-36-34-32-30-28-26-24-22-20-18-16-14-12-10-8-6-4-2/h3-121H,1H2,2H3. The fourth-order valence-electron chi connectivity index (χ4n) is 7.57. The molecule has 0 atom stereocenters. The van der Waals surface area contributed by atoms with E-state index in [2.05, 4.69) is 6.58 Å². The van der Waals surface area contributed by atoms with Gasteiger partial charge < -0.3 is 0 Å². The molecule has 0 bridgehead atoms. The molecule has 0 heterocycles. The Balaban J connectivity index is 4.13. The molecule has 0 nitrogen and oxygen atoms in total. The van der Waals surface area contributed by atoms with Gasteiger partial charge in [0.05, 0.1) is 0 Å². The molecule has 0 aromatic rings. The van der Waals surface area contributed by atoms with Crippen molar-refractivity contribution in [2.75, 3.05) is 0 Å². The number of rotatable bonds is 59. The fraction of sp³-hybridized carbons (Fsp3) is 0.00826. The molecule has 0 aromatic heterocycles. The van der Waals surface area contributed by atoms with Gasteiger partial charge in [0, 0.05) is 0 Å². The summed E-state index contributed by atoms with van der Waals surface area (Å²) >= 11 is 0. The molecule has 0 aliphatic heterocycles. The summed E-state index contributed by atoms with van der Waals surface area (Å²) in [4.78, 5) is 0. The first kappa shape index (κ1) is 105. The Bertz CT molecular complexity index is 4440. The lowest BCUT2D eigenvalue weighted by Gasteiger charge is -1.77. The first-order valence-corrected chi connectivity index (χ1v) is 40.3. The van der Waals surface area contributed by atoms with Crippen molar-refractivity contribution in [2.24, 2.45) is 0 Å². The molecule has 0 aromatic carbocycles. The predicted molar refractivity (Wildman–Crippen MR) is 555 cm³/mol. The van der Waals surface area contributed by atoms with Crippen LogP contribution in [0.25, 0.3) is 0 Å². The van der Waals surface area contributed by atoms with Crippen molar-refractivity contribution in [1.82, 2.24) is 0 Å². The molecule has 0 aliphatic carbocycles. The van der Waals surface area contributed by atoms with Gasteiger partial charge >= 0.3 is 0 Å². The highest BCUT2D eigenvalue weighted by atomic mass is 13.8. The molecule has 0 aliphatic rings. The van der Waals surface area contributed by atoms with E-state index in [9.17, 15) is 0 Å². The fourth-order valence-corrected chi connectivity index (χ4v) is 7.57. The monoisotopic (exact) mass is 1580 g/mol. The summed E-state index contributed by atoms with van der Waals surface area (Å²) in [6, 6.07) is 0. The van der Waals surface area contributed by atoms with Crippen LogP contribution in [0.3, 0.4) is 0 Å². The smallest absolute Gasteiger partial charge is 0.0467 e. The van der Waals surface area contributed by atoms with Crippen molar-refractivity contribution < 1.29 is 0 Å². The molecular formula is C121H124. The second-order valence-corrected chi connectivity index (χ2v) is 23.1. The van der Waals surface area contributed by atoms with E-state index in [-0.39, 0.29) is 0 Å². The van der Waals surface area contributed by atoms with Gasteiger partial charge in [-0.25, -0.2) is 0 Å². The molecule has 0 fully saturated rings. The van der Waals surface area contributed by atoms with Crippen LogP contribution in [0.1, 0.15) is 6.92 Å². The van der Waals surface area contributed by atoms with Crippen LogP contribution in [0.15, 0.2) is 730 Å². The zero-order valence-corrected chi connectivity index (χ0v) is 70.4. The minimum atomic E-state index is 1.75. The average molecular weight is 1580 g/mol. The second-order valence-electron chi connectivity index (χ2n) is 23.1. The lowest BCUT2D eigenvalue weighted by Crippen LogP contribution is -1.55. The van der Waals surface area contributed by atoms with Crippen LogP contribution in [-0.2, 0) is 0 Å². The summed E-state index contributed by atoms with van der Waals surface area (Å²) in [5.41, 5.74) is 0. The average Bonchev–Trinajstić information content (AvgIpc) is 2.28. The van der Waals surface area contributed by atoms with Crippen LogP contribution in [0.5, 0.6) is 0 Å². The van der Waals surface area contributed by atoms with Gasteiger partial charge in [-0.3, -0.25) is 0 Å². The predicted octanol–water partition coefficient (Wildman–Crippen LogP) is 34.0. The molecule has 0 rings (SSSR count). The van der Waals surface area contributed by atoms with Crippen LogP contribution in [-0.4, -0.2) is 0 Å². The highest BCUT2D eigenvalue weighted by Crippen LogP contribution is 1.98. The Morgan fingerprint density at radius 3 is 0.149 bits per heavy atom. The number of hydrogen-bond acceptors (Lipinski definition) is 0. The lowest BCUT2D eigenvalue weighted by molar-refractivity contribution is 1.73. The Labute approximate surface area is 731 Å². The third-order valence-electron chi connectivity index (χ3n) is 13.2. The minimum Gasteiger partial charge on any atom is -0.0991 e. The van der Waals surface area contributed by atoms with Gasteiger partial charge in [0.15, 0.2) is 0 Å². The maximum Gasteiger partial charge on any atom is -0.0467 e. The van der Waals surface area contributed by atoms with Crippen LogP contribution >= 0.6 is 0 Å². The number of allylic oxidation sites excluding steroid dienone is 119. The van der Waals surface area contributed by atoms with Gasteiger partial charge in [-0.2, -0.15) is 0 Å². The second kappa shape index (κ2) is 104. The summed E-state index contributed by atoms with van der Waals surface area (Å²) in [5.74, 6) is 0. The quantitative estimate of drug-likeness (QED) is 0.0533. The number of hydrogen-bond donors (Lipinski definition) is 0. The van der Waals surface area contributed by atoms with E-state index in [0.29, 0.717) is 0 Å². The summed E-state index contributed by atoms with van der Waals surface area (Å²) in [7, 11) is 0. The Morgan fingerprint density at radius 2 is 0.107 bits per heavy atom. The van der Waals surface area contributed by atoms with Crippen LogP contribution < -0.4 is 0 Å². The molecule has 0 heteroatoms. The molecule has 121 heavy (non-hydrogen) atoms. The van der Waals surface area contributed by atoms with Crippen molar-refractivity contribution in [1.29, 1.82) is 0 Å². The largest absolute Gasteiger partial charge is 0.0991 e. The Kier molecular flexibility index (Phi) is 90.9. The van der Waals surface area contributed by atoms with E-state index < -0.39 is 0 Å². The van der Waals surface area contributed by atoms with Crippen LogP contribution in [0.4, 0.5) is 0 Å². The summed E-state index contributed by atoms with van der Waals surface area (Å²) in [6.45, 7) is 5.64. The zero-order valence-electron chi connectivity index (χ0n) is 70.4. The first-order chi connectivity index (χ1) is 60.4.